The second-order valence-electron chi connectivity index (χ2n) is 4.21. The number of aromatic nitrogens is 1. The van der Waals surface area contributed by atoms with E-state index in [1.165, 1.54) is 17.8 Å². The zero-order valence-corrected chi connectivity index (χ0v) is 11.1. The van der Waals surface area contributed by atoms with E-state index < -0.39 is 0 Å². The van der Waals surface area contributed by atoms with E-state index >= 15 is 0 Å². The van der Waals surface area contributed by atoms with Gasteiger partial charge in [-0.2, -0.15) is 0 Å². The Hall–Kier alpha value is -1.76. The minimum absolute atomic E-state index is 0.0285. The van der Waals surface area contributed by atoms with E-state index in [1.807, 2.05) is 0 Å². The van der Waals surface area contributed by atoms with E-state index in [2.05, 4.69) is 15.5 Å². The number of nitrogens with one attached hydrogen (secondary N) is 1. The lowest BCUT2D eigenvalue weighted by Gasteiger charge is -2.19. The van der Waals surface area contributed by atoms with E-state index in [1.54, 1.807) is 11.7 Å². The third kappa shape index (κ3) is 3.85. The maximum atomic E-state index is 10.9. The molecule has 1 aliphatic rings. The Balaban J connectivity index is 2.00. The maximum Gasteiger partial charge on any atom is 0.259 e. The molecule has 0 atom stereocenters. The molecule has 1 amide bonds. The molecule has 101 valence electrons. The van der Waals surface area contributed by atoms with Crippen molar-refractivity contribution in [2.45, 2.75) is 38.2 Å². The normalized spacial score (nSPS) is 16.9. The second-order valence-corrected chi connectivity index (χ2v) is 5.07. The summed E-state index contributed by atoms with van der Waals surface area (Å²) in [6.45, 7) is 0. The molecule has 0 saturated heterocycles. The number of thiazole rings is 1. The Bertz CT molecular complexity index is 467. The van der Waals surface area contributed by atoms with Crippen LogP contribution in [0.2, 0.25) is 0 Å². The number of oxime groups is 1. The van der Waals surface area contributed by atoms with Gasteiger partial charge in [-0.1, -0.05) is 11.6 Å². The Kier molecular flexibility index (Phi) is 5.02. The Morgan fingerprint density at radius 2 is 2.32 bits per heavy atom. The number of hydrogen-bond donors (Lipinski definition) is 1. The first-order valence-electron chi connectivity index (χ1n) is 6.11. The SMILES string of the molecule is O=[C]C(=NOC1CCCCC1)c1csc(NC=O)n1. The zero-order valence-electron chi connectivity index (χ0n) is 10.3. The molecule has 1 aromatic heterocycles. The van der Waals surface area contributed by atoms with Crippen molar-refractivity contribution in [1.82, 2.24) is 4.98 Å². The van der Waals surface area contributed by atoms with Crippen LogP contribution in [0.5, 0.6) is 0 Å². The van der Waals surface area contributed by atoms with Crippen molar-refractivity contribution in [2.75, 3.05) is 5.32 Å². The summed E-state index contributed by atoms with van der Waals surface area (Å²) in [5.41, 5.74) is 0.390. The van der Waals surface area contributed by atoms with Crippen LogP contribution in [0.25, 0.3) is 0 Å². The highest BCUT2D eigenvalue weighted by Gasteiger charge is 2.16. The van der Waals surface area contributed by atoms with Gasteiger partial charge in [0, 0.05) is 5.38 Å². The lowest BCUT2D eigenvalue weighted by atomic mass is 9.98. The largest absolute Gasteiger partial charge is 0.392 e. The number of carbonyl (C=O) groups excluding carboxylic acids is 2. The van der Waals surface area contributed by atoms with Crippen molar-refractivity contribution in [3.05, 3.63) is 11.1 Å². The van der Waals surface area contributed by atoms with Crippen LogP contribution >= 0.6 is 11.3 Å². The lowest BCUT2D eigenvalue weighted by molar-refractivity contribution is -0.105. The second kappa shape index (κ2) is 6.98. The van der Waals surface area contributed by atoms with Gasteiger partial charge in [0.1, 0.15) is 11.8 Å². The molecule has 2 rings (SSSR count). The van der Waals surface area contributed by atoms with Gasteiger partial charge in [0.25, 0.3) is 6.29 Å². The van der Waals surface area contributed by atoms with Gasteiger partial charge < -0.3 is 10.2 Å². The highest BCUT2D eigenvalue weighted by Crippen LogP contribution is 2.21. The van der Waals surface area contributed by atoms with Gasteiger partial charge in [-0.25, -0.2) is 4.98 Å². The van der Waals surface area contributed by atoms with Crippen LogP contribution in [0.4, 0.5) is 5.13 Å². The van der Waals surface area contributed by atoms with Crippen LogP contribution in [-0.2, 0) is 14.4 Å². The van der Waals surface area contributed by atoms with E-state index in [0.29, 0.717) is 17.2 Å². The predicted molar refractivity (Wildman–Crippen MR) is 72.0 cm³/mol. The lowest BCUT2D eigenvalue weighted by Crippen LogP contribution is -2.15. The summed E-state index contributed by atoms with van der Waals surface area (Å²) in [6.07, 6.45) is 7.73. The van der Waals surface area contributed by atoms with Crippen molar-refractivity contribution in [3.63, 3.8) is 0 Å². The monoisotopic (exact) mass is 280 g/mol. The van der Waals surface area contributed by atoms with Gasteiger partial charge in [0.05, 0.1) is 0 Å². The van der Waals surface area contributed by atoms with E-state index in [9.17, 15) is 9.59 Å². The summed E-state index contributed by atoms with van der Waals surface area (Å²) in [5.74, 6) is 0. The molecule has 1 radical (unpaired) electrons. The Labute approximate surface area is 114 Å². The van der Waals surface area contributed by atoms with Crippen LogP contribution in [0, 0.1) is 0 Å². The maximum absolute atomic E-state index is 10.9. The molecule has 1 aromatic rings. The third-order valence-electron chi connectivity index (χ3n) is 2.87. The van der Waals surface area contributed by atoms with E-state index in [-0.39, 0.29) is 11.8 Å². The molecule has 1 heterocycles. The Morgan fingerprint density at radius 3 is 3.00 bits per heavy atom. The van der Waals surface area contributed by atoms with E-state index in [4.69, 9.17) is 4.84 Å². The Morgan fingerprint density at radius 1 is 1.53 bits per heavy atom. The number of carbonyl (C=O) groups is 1. The first-order valence-corrected chi connectivity index (χ1v) is 6.99. The summed E-state index contributed by atoms with van der Waals surface area (Å²) in [4.78, 5) is 30.6. The summed E-state index contributed by atoms with van der Waals surface area (Å²) < 4.78 is 0. The number of hydrogen-bond acceptors (Lipinski definition) is 6. The molecule has 0 aliphatic heterocycles. The van der Waals surface area contributed by atoms with Crippen molar-refractivity contribution in [1.29, 1.82) is 0 Å². The predicted octanol–water partition coefficient (Wildman–Crippen LogP) is 1.87. The van der Waals surface area contributed by atoms with Gasteiger partial charge in [-0.15, -0.1) is 11.3 Å². The van der Waals surface area contributed by atoms with Crippen LogP contribution in [-0.4, -0.2) is 29.5 Å². The number of nitrogens with zero attached hydrogens (tertiary/aromatic N) is 2. The summed E-state index contributed by atoms with van der Waals surface area (Å²) in [7, 11) is 0. The summed E-state index contributed by atoms with van der Waals surface area (Å²) in [5, 5.41) is 8.28. The minimum atomic E-state index is 0.0285. The van der Waals surface area contributed by atoms with Gasteiger partial charge in [0.15, 0.2) is 10.8 Å². The van der Waals surface area contributed by atoms with Gasteiger partial charge in [-0.3, -0.25) is 9.59 Å². The van der Waals surface area contributed by atoms with Crippen molar-refractivity contribution in [3.8, 4) is 0 Å². The minimum Gasteiger partial charge on any atom is -0.392 e. The average Bonchev–Trinajstić information content (AvgIpc) is 2.90. The van der Waals surface area contributed by atoms with Crippen molar-refractivity contribution >= 4 is 34.9 Å². The molecule has 19 heavy (non-hydrogen) atoms. The first-order chi connectivity index (χ1) is 9.33. The van der Waals surface area contributed by atoms with Gasteiger partial charge >= 0.3 is 0 Å². The molecule has 6 nitrogen and oxygen atoms in total. The number of amides is 1. The molecule has 0 unspecified atom stereocenters. The summed E-state index contributed by atoms with van der Waals surface area (Å²) >= 11 is 1.21. The fourth-order valence-corrected chi connectivity index (χ4v) is 2.57. The fraction of sp³-hybridized carbons (Fsp3) is 0.500. The van der Waals surface area contributed by atoms with Gasteiger partial charge in [0.2, 0.25) is 6.41 Å². The van der Waals surface area contributed by atoms with Crippen LogP contribution < -0.4 is 5.32 Å². The molecule has 0 bridgehead atoms. The third-order valence-corrected chi connectivity index (χ3v) is 3.64. The first kappa shape index (κ1) is 13.7. The average molecular weight is 280 g/mol. The van der Waals surface area contributed by atoms with E-state index in [0.717, 1.165) is 25.7 Å². The number of rotatable bonds is 6. The zero-order chi connectivity index (χ0) is 13.5. The quantitative estimate of drug-likeness (QED) is 0.490. The van der Waals surface area contributed by atoms with Crippen LogP contribution in [0.3, 0.4) is 0 Å². The molecule has 7 heteroatoms. The fourth-order valence-electron chi connectivity index (χ4n) is 1.91. The molecule has 0 spiro atoms. The molecule has 1 fully saturated rings. The highest BCUT2D eigenvalue weighted by molar-refractivity contribution is 7.14. The van der Waals surface area contributed by atoms with Crippen LogP contribution in [0.1, 0.15) is 37.8 Å². The standard InChI is InChI=1S/C12H14N3O3S/c16-6-10(11-7-19-12(14-11)13-8-17)15-18-9-4-2-1-3-5-9/h7-9H,1-5H2,(H,13,14,17). The summed E-state index contributed by atoms with van der Waals surface area (Å²) in [6, 6.07) is 0. The van der Waals surface area contributed by atoms with Gasteiger partial charge in [-0.05, 0) is 25.7 Å². The molecule has 1 N–H and O–H groups in total. The number of anilines is 1. The van der Waals surface area contributed by atoms with Crippen molar-refractivity contribution < 1.29 is 14.4 Å². The van der Waals surface area contributed by atoms with Crippen molar-refractivity contribution in [2.24, 2.45) is 5.16 Å². The molecular formula is C12H14N3O3S. The molecule has 1 saturated carbocycles. The van der Waals surface area contributed by atoms with Crippen LogP contribution in [0.15, 0.2) is 10.5 Å². The highest BCUT2D eigenvalue weighted by atomic mass is 32.1. The molecule has 0 aromatic carbocycles. The molecular weight excluding hydrogens is 266 g/mol. The molecule has 1 aliphatic carbocycles. The smallest absolute Gasteiger partial charge is 0.259 e. The topological polar surface area (TPSA) is 80.6 Å².